The molecule has 0 saturated heterocycles. The van der Waals surface area contributed by atoms with Crippen molar-refractivity contribution in [3.63, 3.8) is 0 Å². The lowest BCUT2D eigenvalue weighted by Crippen LogP contribution is -2.32. The van der Waals surface area contributed by atoms with E-state index in [2.05, 4.69) is 5.32 Å². The molecule has 123 valence electrons. The topological polar surface area (TPSA) is 58.3 Å². The monoisotopic (exact) mass is 319 g/mol. The summed E-state index contributed by atoms with van der Waals surface area (Å²) in [6.07, 6.45) is 2.18. The number of nitrogens with two attached hydrogens (primary N) is 1. The van der Waals surface area contributed by atoms with Crippen molar-refractivity contribution in [3.8, 4) is 0 Å². The van der Waals surface area contributed by atoms with Gasteiger partial charge < -0.3 is 16.2 Å². The normalized spacial score (nSPS) is 13.7. The zero-order valence-electron chi connectivity index (χ0n) is 12.8. The van der Waals surface area contributed by atoms with E-state index in [0.29, 0.717) is 18.5 Å². The highest BCUT2D eigenvalue weighted by Gasteiger charge is 2.11. The molecule has 2 atom stereocenters. The maximum absolute atomic E-state index is 13.1. The third-order valence-electron chi connectivity index (χ3n) is 3.56. The average molecular weight is 319 g/mol. The van der Waals surface area contributed by atoms with Gasteiger partial charge in [0.25, 0.3) is 0 Å². The van der Waals surface area contributed by atoms with Crippen LogP contribution in [0.15, 0.2) is 48.5 Å². The minimum absolute atomic E-state index is 0.0256. The molecule has 0 aliphatic heterocycles. The molecule has 0 aromatic heterocycles. The first-order valence-electron chi connectivity index (χ1n) is 7.51. The van der Waals surface area contributed by atoms with Crippen molar-refractivity contribution < 1.29 is 13.9 Å². The summed E-state index contributed by atoms with van der Waals surface area (Å²) in [6, 6.07) is 12.5. The first kappa shape index (κ1) is 17.5. The Kier molecular flexibility index (Phi) is 6.65. The van der Waals surface area contributed by atoms with E-state index in [1.165, 1.54) is 12.1 Å². The van der Waals surface area contributed by atoms with Gasteiger partial charge in [-0.3, -0.25) is 0 Å². The Balaban J connectivity index is 1.81. The molecule has 3 nitrogen and oxygen atoms in total. The Bertz CT molecular complexity index is 587. The molecule has 23 heavy (non-hydrogen) atoms. The first-order valence-corrected chi connectivity index (χ1v) is 7.51. The predicted molar refractivity (Wildman–Crippen MR) is 86.6 cm³/mol. The second-order valence-electron chi connectivity index (χ2n) is 5.44. The zero-order chi connectivity index (χ0) is 16.7. The smallest absolute Gasteiger partial charge is 0.126 e. The summed E-state index contributed by atoms with van der Waals surface area (Å²) in [7, 11) is 0. The second-order valence-corrected chi connectivity index (χ2v) is 5.44. The Labute approximate surface area is 135 Å². The molecular weight excluding hydrogens is 298 g/mol. The zero-order valence-corrected chi connectivity index (χ0v) is 12.8. The fraction of sp³-hybridized carbons (Fsp3) is 0.278. The molecule has 2 aromatic rings. The van der Waals surface area contributed by atoms with Crippen LogP contribution in [0.1, 0.15) is 17.2 Å². The number of nitrogens with one attached hydrogen (secondary N) is 1. The van der Waals surface area contributed by atoms with Gasteiger partial charge in [-0.25, -0.2) is 8.78 Å². The molecule has 0 fully saturated rings. The van der Waals surface area contributed by atoms with Crippen LogP contribution in [-0.4, -0.2) is 24.3 Å². The molecule has 0 bridgehead atoms. The van der Waals surface area contributed by atoms with Gasteiger partial charge in [-0.2, -0.15) is 0 Å². The molecule has 2 rings (SSSR count). The van der Waals surface area contributed by atoms with E-state index in [9.17, 15) is 13.9 Å². The van der Waals surface area contributed by atoms with E-state index < -0.39 is 11.6 Å². The Morgan fingerprint density at radius 2 is 1.74 bits per heavy atom. The molecule has 5 heteroatoms. The number of aliphatic hydroxyl groups is 1. The van der Waals surface area contributed by atoms with E-state index in [4.69, 9.17) is 5.73 Å². The number of aliphatic hydroxyl groups excluding tert-OH is 1. The lowest BCUT2D eigenvalue weighted by Gasteiger charge is -2.18. The van der Waals surface area contributed by atoms with Crippen molar-refractivity contribution in [1.82, 2.24) is 5.32 Å². The Hall–Kier alpha value is -1.82. The molecule has 0 saturated carbocycles. The van der Waals surface area contributed by atoms with E-state index >= 15 is 0 Å². The predicted octanol–water partition coefficient (Wildman–Crippen LogP) is 2.36. The largest absolute Gasteiger partial charge is 0.394 e. The van der Waals surface area contributed by atoms with Crippen LogP contribution < -0.4 is 11.1 Å². The maximum Gasteiger partial charge on any atom is 0.126 e. The standard InChI is InChI=1S/C18H21F2N2O/c19-15-8-13(9-16(20)11-15)10-17(21)6-7-22-18(12-23)14-4-2-1-3-5-14/h1-6,8-9,11,17-18,22-23H,7,10,12,21H2/t17-,18+/m1/s1. The van der Waals surface area contributed by atoms with Crippen LogP contribution in [0.3, 0.4) is 0 Å². The van der Waals surface area contributed by atoms with Gasteiger partial charge in [0.15, 0.2) is 0 Å². The quantitative estimate of drug-likeness (QED) is 0.700. The third-order valence-corrected chi connectivity index (χ3v) is 3.56. The fourth-order valence-electron chi connectivity index (χ4n) is 2.42. The fourth-order valence-corrected chi connectivity index (χ4v) is 2.42. The van der Waals surface area contributed by atoms with Gasteiger partial charge >= 0.3 is 0 Å². The average Bonchev–Trinajstić information content (AvgIpc) is 2.51. The molecule has 2 aromatic carbocycles. The van der Waals surface area contributed by atoms with Crippen molar-refractivity contribution >= 4 is 0 Å². The van der Waals surface area contributed by atoms with Gasteiger partial charge in [0.1, 0.15) is 11.6 Å². The van der Waals surface area contributed by atoms with Crippen molar-refractivity contribution in [2.45, 2.75) is 18.5 Å². The second kappa shape index (κ2) is 8.72. The lowest BCUT2D eigenvalue weighted by molar-refractivity contribution is 0.246. The summed E-state index contributed by atoms with van der Waals surface area (Å²) >= 11 is 0. The third kappa shape index (κ3) is 5.71. The van der Waals surface area contributed by atoms with Gasteiger partial charge in [0.2, 0.25) is 0 Å². The molecule has 0 heterocycles. The van der Waals surface area contributed by atoms with Gasteiger partial charge in [0.05, 0.1) is 12.6 Å². The van der Waals surface area contributed by atoms with Crippen LogP contribution in [0.4, 0.5) is 8.78 Å². The highest BCUT2D eigenvalue weighted by atomic mass is 19.1. The Morgan fingerprint density at radius 1 is 1.09 bits per heavy atom. The van der Waals surface area contributed by atoms with Crippen molar-refractivity contribution in [2.24, 2.45) is 5.73 Å². The maximum atomic E-state index is 13.1. The van der Waals surface area contributed by atoms with Gasteiger partial charge in [-0.15, -0.1) is 0 Å². The number of benzene rings is 2. The summed E-state index contributed by atoms with van der Waals surface area (Å²) < 4.78 is 26.3. The number of hydrogen-bond acceptors (Lipinski definition) is 3. The van der Waals surface area contributed by atoms with Crippen LogP contribution in [0, 0.1) is 18.1 Å². The summed E-state index contributed by atoms with van der Waals surface area (Å²) in [5.41, 5.74) is 7.48. The van der Waals surface area contributed by atoms with Crippen molar-refractivity contribution in [1.29, 1.82) is 0 Å². The van der Waals surface area contributed by atoms with Crippen LogP contribution in [-0.2, 0) is 6.42 Å². The van der Waals surface area contributed by atoms with Crippen LogP contribution in [0.2, 0.25) is 0 Å². The van der Waals surface area contributed by atoms with Gasteiger partial charge in [0, 0.05) is 18.7 Å². The summed E-state index contributed by atoms with van der Waals surface area (Å²) in [5.74, 6) is -1.20. The molecule has 0 unspecified atom stereocenters. The summed E-state index contributed by atoms with van der Waals surface area (Å²) in [4.78, 5) is 0. The highest BCUT2D eigenvalue weighted by Crippen LogP contribution is 2.12. The van der Waals surface area contributed by atoms with Crippen molar-refractivity contribution in [3.05, 3.63) is 77.7 Å². The molecule has 4 N–H and O–H groups in total. The van der Waals surface area contributed by atoms with Crippen LogP contribution in [0.25, 0.3) is 0 Å². The van der Waals surface area contributed by atoms with Gasteiger partial charge in [-0.05, 0) is 36.1 Å². The van der Waals surface area contributed by atoms with Crippen LogP contribution >= 0.6 is 0 Å². The molecule has 0 spiro atoms. The lowest BCUT2D eigenvalue weighted by atomic mass is 10.0. The van der Waals surface area contributed by atoms with E-state index in [1.807, 2.05) is 36.8 Å². The van der Waals surface area contributed by atoms with Crippen LogP contribution in [0.5, 0.6) is 0 Å². The summed E-state index contributed by atoms with van der Waals surface area (Å²) in [5, 5.41) is 12.6. The minimum Gasteiger partial charge on any atom is -0.394 e. The number of rotatable bonds is 8. The SMILES string of the molecule is N[C@H]([CH]CN[C@@H](CO)c1ccccc1)Cc1cc(F)cc(F)c1. The van der Waals surface area contributed by atoms with Gasteiger partial charge in [-0.1, -0.05) is 30.3 Å². The van der Waals surface area contributed by atoms with E-state index in [1.54, 1.807) is 0 Å². The number of hydrogen-bond donors (Lipinski definition) is 3. The first-order chi connectivity index (χ1) is 11.1. The van der Waals surface area contributed by atoms with E-state index in [0.717, 1.165) is 11.6 Å². The number of halogens is 2. The summed E-state index contributed by atoms with van der Waals surface area (Å²) in [6.45, 7) is 0.460. The molecule has 0 aliphatic rings. The van der Waals surface area contributed by atoms with Crippen molar-refractivity contribution in [2.75, 3.05) is 13.2 Å². The Morgan fingerprint density at radius 3 is 2.35 bits per heavy atom. The molecule has 0 amide bonds. The molecule has 1 radical (unpaired) electrons. The molecular formula is C18H21F2N2O. The molecule has 0 aliphatic carbocycles. The highest BCUT2D eigenvalue weighted by molar-refractivity contribution is 5.20. The minimum atomic E-state index is -0.602. The van der Waals surface area contributed by atoms with E-state index in [-0.39, 0.29) is 18.7 Å².